The largest absolute Gasteiger partial charge is 0.417 e. The van der Waals surface area contributed by atoms with Crippen molar-refractivity contribution in [3.05, 3.63) is 68.6 Å². The number of aromatic nitrogens is 1. The number of aryl methyl sites for hydroxylation is 1. The lowest BCUT2D eigenvalue weighted by Gasteiger charge is -2.26. The van der Waals surface area contributed by atoms with Gasteiger partial charge in [-0.3, -0.25) is 9.59 Å². The number of amides is 1. The molecule has 1 aliphatic carbocycles. The van der Waals surface area contributed by atoms with Crippen LogP contribution in [0.15, 0.2) is 41.3 Å². The van der Waals surface area contributed by atoms with Gasteiger partial charge in [-0.1, -0.05) is 35.9 Å². The van der Waals surface area contributed by atoms with Gasteiger partial charge in [0.15, 0.2) is 0 Å². The Balaban J connectivity index is 1.79. The van der Waals surface area contributed by atoms with Gasteiger partial charge in [0, 0.05) is 6.20 Å². The molecular weight excluding hydrogens is 369 g/mol. The van der Waals surface area contributed by atoms with Gasteiger partial charge in [0.05, 0.1) is 11.6 Å². The van der Waals surface area contributed by atoms with Crippen LogP contribution in [0.1, 0.15) is 35.6 Å². The number of hydrogen-bond acceptors (Lipinski definition) is 2. The molecule has 0 aliphatic heterocycles. The fraction of sp³-hybridized carbons (Fsp3) is 0.333. The summed E-state index contributed by atoms with van der Waals surface area (Å²) in [6.45, 7) is -0.527. The number of fused-ring (bicyclic) bond motifs is 1. The van der Waals surface area contributed by atoms with Crippen LogP contribution in [0.4, 0.5) is 13.2 Å². The standard InChI is InChI=1S/C18H16ClF3N2O2/c19-14-8-12(18(20,21)22)9-24(17(14)26)10-16(25)23-15-7-3-5-11-4-1-2-6-13(11)15/h1-2,4,6,8-9,15H,3,5,7,10H2,(H,23,25)/t15-/m0/s1. The first-order chi connectivity index (χ1) is 12.3. The molecule has 4 nitrogen and oxygen atoms in total. The number of hydrogen-bond donors (Lipinski definition) is 1. The molecule has 0 bridgehead atoms. The second-order valence-corrected chi connectivity index (χ2v) is 6.63. The van der Waals surface area contributed by atoms with Crippen molar-refractivity contribution in [1.82, 2.24) is 9.88 Å². The molecule has 1 heterocycles. The van der Waals surface area contributed by atoms with Crippen molar-refractivity contribution in [2.45, 2.75) is 38.0 Å². The van der Waals surface area contributed by atoms with Crippen molar-refractivity contribution in [2.24, 2.45) is 0 Å². The summed E-state index contributed by atoms with van der Waals surface area (Å²) in [7, 11) is 0. The van der Waals surface area contributed by atoms with Gasteiger partial charge in [-0.15, -0.1) is 0 Å². The first kappa shape index (κ1) is 18.5. The SMILES string of the molecule is O=C(Cn1cc(C(F)(F)F)cc(Cl)c1=O)N[C@H]1CCCc2ccccc21. The molecule has 1 N–H and O–H groups in total. The summed E-state index contributed by atoms with van der Waals surface area (Å²) in [5.74, 6) is -0.538. The van der Waals surface area contributed by atoms with Crippen LogP contribution >= 0.6 is 11.6 Å². The molecule has 2 aromatic rings. The Morgan fingerprint density at radius 3 is 2.77 bits per heavy atom. The Labute approximate surface area is 152 Å². The minimum atomic E-state index is -4.65. The maximum absolute atomic E-state index is 12.9. The van der Waals surface area contributed by atoms with E-state index in [2.05, 4.69) is 5.32 Å². The zero-order valence-corrected chi connectivity index (χ0v) is 14.4. The number of rotatable bonds is 3. The predicted molar refractivity (Wildman–Crippen MR) is 91.0 cm³/mol. The van der Waals surface area contributed by atoms with E-state index in [-0.39, 0.29) is 6.04 Å². The molecule has 1 aromatic heterocycles. The Bertz CT molecular complexity index is 893. The molecule has 8 heteroatoms. The van der Waals surface area contributed by atoms with Crippen molar-refractivity contribution in [3.63, 3.8) is 0 Å². The zero-order chi connectivity index (χ0) is 18.9. The van der Waals surface area contributed by atoms with E-state index in [4.69, 9.17) is 11.6 Å². The Morgan fingerprint density at radius 2 is 2.04 bits per heavy atom. The highest BCUT2D eigenvalue weighted by Gasteiger charge is 2.32. The number of nitrogens with zero attached hydrogens (tertiary/aromatic N) is 1. The van der Waals surface area contributed by atoms with Gasteiger partial charge < -0.3 is 9.88 Å². The molecule has 0 radical (unpaired) electrons. The van der Waals surface area contributed by atoms with E-state index in [1.807, 2.05) is 24.3 Å². The summed E-state index contributed by atoms with van der Waals surface area (Å²) < 4.78 is 39.3. The van der Waals surface area contributed by atoms with Gasteiger partial charge in [-0.25, -0.2) is 0 Å². The van der Waals surface area contributed by atoms with Crippen LogP contribution in [-0.2, 0) is 23.9 Å². The Morgan fingerprint density at radius 1 is 1.31 bits per heavy atom. The molecule has 0 unspecified atom stereocenters. The third kappa shape index (κ3) is 3.93. The predicted octanol–water partition coefficient (Wildman–Crippen LogP) is 3.71. The number of nitrogens with one attached hydrogen (secondary N) is 1. The van der Waals surface area contributed by atoms with Crippen LogP contribution in [0.2, 0.25) is 5.02 Å². The molecule has 1 aromatic carbocycles. The second-order valence-electron chi connectivity index (χ2n) is 6.22. The van der Waals surface area contributed by atoms with Gasteiger partial charge in [-0.2, -0.15) is 13.2 Å². The summed E-state index contributed by atoms with van der Waals surface area (Å²) in [6, 6.07) is 8.06. The zero-order valence-electron chi connectivity index (χ0n) is 13.6. The number of halogens is 4. The van der Waals surface area contributed by atoms with Crippen molar-refractivity contribution in [1.29, 1.82) is 0 Å². The van der Waals surface area contributed by atoms with Crippen LogP contribution in [0, 0.1) is 0 Å². The van der Waals surface area contributed by atoms with Crippen LogP contribution in [0.5, 0.6) is 0 Å². The molecule has 0 saturated heterocycles. The summed E-state index contributed by atoms with van der Waals surface area (Å²) in [6.07, 6.45) is -1.48. The van der Waals surface area contributed by atoms with E-state index in [0.29, 0.717) is 16.8 Å². The Hall–Kier alpha value is -2.28. The molecule has 1 aliphatic rings. The molecule has 26 heavy (non-hydrogen) atoms. The van der Waals surface area contributed by atoms with Crippen LogP contribution < -0.4 is 10.9 Å². The second kappa shape index (κ2) is 7.15. The highest BCUT2D eigenvalue weighted by Crippen LogP contribution is 2.30. The van der Waals surface area contributed by atoms with E-state index in [1.165, 1.54) is 0 Å². The minimum Gasteiger partial charge on any atom is -0.348 e. The normalized spacial score (nSPS) is 16.8. The molecule has 138 valence electrons. The topological polar surface area (TPSA) is 51.1 Å². The van der Waals surface area contributed by atoms with Crippen LogP contribution in [0.25, 0.3) is 0 Å². The monoisotopic (exact) mass is 384 g/mol. The van der Waals surface area contributed by atoms with E-state index >= 15 is 0 Å². The minimum absolute atomic E-state index is 0.218. The fourth-order valence-corrected chi connectivity index (χ4v) is 3.40. The van der Waals surface area contributed by atoms with Gasteiger partial charge in [-0.05, 0) is 36.5 Å². The number of carbonyl (C=O) groups excluding carboxylic acids is 1. The van der Waals surface area contributed by atoms with E-state index in [9.17, 15) is 22.8 Å². The third-order valence-corrected chi connectivity index (χ3v) is 4.66. The van der Waals surface area contributed by atoms with Gasteiger partial charge >= 0.3 is 6.18 Å². The summed E-state index contributed by atoms with van der Waals surface area (Å²) in [5.41, 5.74) is 0.238. The molecule has 1 atom stereocenters. The summed E-state index contributed by atoms with van der Waals surface area (Å²) in [4.78, 5) is 24.3. The number of pyridine rings is 1. The first-order valence-electron chi connectivity index (χ1n) is 8.10. The fourth-order valence-electron chi connectivity index (χ4n) is 3.17. The third-order valence-electron chi connectivity index (χ3n) is 4.39. The molecule has 1 amide bonds. The molecular formula is C18H16ClF3N2O2. The number of carbonyl (C=O) groups is 1. The maximum atomic E-state index is 12.9. The lowest BCUT2D eigenvalue weighted by Crippen LogP contribution is -2.36. The van der Waals surface area contributed by atoms with Crippen molar-refractivity contribution in [2.75, 3.05) is 0 Å². The molecule has 3 rings (SSSR count). The van der Waals surface area contributed by atoms with Crippen LogP contribution in [0.3, 0.4) is 0 Å². The van der Waals surface area contributed by atoms with E-state index in [0.717, 1.165) is 30.4 Å². The number of alkyl halides is 3. The van der Waals surface area contributed by atoms with Gasteiger partial charge in [0.1, 0.15) is 11.6 Å². The lowest BCUT2D eigenvalue weighted by molar-refractivity contribution is -0.138. The van der Waals surface area contributed by atoms with E-state index in [1.54, 1.807) is 0 Å². The van der Waals surface area contributed by atoms with Crippen molar-refractivity contribution < 1.29 is 18.0 Å². The summed E-state index contributed by atoms with van der Waals surface area (Å²) in [5, 5.41) is 2.23. The van der Waals surface area contributed by atoms with Crippen molar-refractivity contribution >= 4 is 17.5 Å². The average Bonchev–Trinajstić information content (AvgIpc) is 2.58. The molecule has 0 spiro atoms. The van der Waals surface area contributed by atoms with E-state index < -0.39 is 34.8 Å². The Kier molecular flexibility index (Phi) is 5.09. The quantitative estimate of drug-likeness (QED) is 0.877. The maximum Gasteiger partial charge on any atom is 0.417 e. The number of benzene rings is 1. The summed E-state index contributed by atoms with van der Waals surface area (Å²) >= 11 is 5.60. The molecule has 0 saturated carbocycles. The van der Waals surface area contributed by atoms with Crippen LogP contribution in [-0.4, -0.2) is 10.5 Å². The lowest BCUT2D eigenvalue weighted by atomic mass is 9.88. The van der Waals surface area contributed by atoms with Crippen molar-refractivity contribution in [3.8, 4) is 0 Å². The average molecular weight is 385 g/mol. The molecule has 0 fully saturated rings. The highest BCUT2D eigenvalue weighted by molar-refractivity contribution is 6.30. The van der Waals surface area contributed by atoms with Gasteiger partial charge in [0.25, 0.3) is 5.56 Å². The smallest absolute Gasteiger partial charge is 0.348 e. The first-order valence-corrected chi connectivity index (χ1v) is 8.48. The highest BCUT2D eigenvalue weighted by atomic mass is 35.5. The van der Waals surface area contributed by atoms with Gasteiger partial charge in [0.2, 0.25) is 5.91 Å².